The minimum Gasteiger partial charge on any atom is -0.408 e. The van der Waals surface area contributed by atoms with Gasteiger partial charge in [0.25, 0.3) is 0 Å². The maximum atomic E-state index is 10.8. The Bertz CT molecular complexity index is 460. The largest absolute Gasteiger partial charge is 0.417 e. The van der Waals surface area contributed by atoms with Crippen LogP contribution < -0.4 is 5.76 Å². The number of nitrogens with zero attached hydrogens (tertiary/aromatic N) is 1. The maximum Gasteiger partial charge on any atom is 0.417 e. The van der Waals surface area contributed by atoms with Gasteiger partial charge in [-0.15, -0.1) is 0 Å². The first kappa shape index (κ1) is 7.09. The second-order valence-corrected chi connectivity index (χ2v) is 2.50. The van der Waals surface area contributed by atoms with Gasteiger partial charge in [0, 0.05) is 13.7 Å². The number of hydrogen-bond donors (Lipinski definition) is 1. The van der Waals surface area contributed by atoms with Gasteiger partial charge in [0.05, 0.1) is 5.69 Å². The highest BCUT2D eigenvalue weighted by Crippen LogP contribution is 2.11. The van der Waals surface area contributed by atoms with Crippen LogP contribution in [-0.2, 0) is 6.42 Å². The van der Waals surface area contributed by atoms with Crippen molar-refractivity contribution >= 4 is 11.1 Å². The Morgan fingerprint density at radius 2 is 2.58 bits per heavy atom. The molecule has 0 atom stereocenters. The van der Waals surface area contributed by atoms with Crippen LogP contribution in [0.2, 0.25) is 0 Å². The maximum absolute atomic E-state index is 10.8. The molecule has 0 bridgehead atoms. The fourth-order valence-electron chi connectivity index (χ4n) is 1.20. The summed E-state index contributed by atoms with van der Waals surface area (Å²) < 4.78 is 4.86. The molecule has 64 valence electrons. The first-order valence-electron chi connectivity index (χ1n) is 3.78. The van der Waals surface area contributed by atoms with Gasteiger partial charge in [0.1, 0.15) is 5.52 Å². The monoisotopic (exact) mass is 166 g/mol. The van der Waals surface area contributed by atoms with Gasteiger partial charge in [-0.25, -0.2) is 4.79 Å². The average Bonchev–Trinajstić information content (AvgIpc) is 2.44. The van der Waals surface area contributed by atoms with Crippen molar-refractivity contribution in [3.05, 3.63) is 28.5 Å². The predicted octanol–water partition coefficient (Wildman–Crippen LogP) is 1.32. The molecule has 0 fully saturated rings. The van der Waals surface area contributed by atoms with Gasteiger partial charge in [0.2, 0.25) is 0 Å². The highest BCUT2D eigenvalue weighted by atomic mass is 16.4. The van der Waals surface area contributed by atoms with E-state index in [4.69, 9.17) is 4.42 Å². The topological polar surface area (TPSA) is 58.9 Å². The summed E-state index contributed by atoms with van der Waals surface area (Å²) in [6.07, 6.45) is 2.42. The molecule has 0 saturated carbocycles. The van der Waals surface area contributed by atoms with Crippen molar-refractivity contribution in [3.63, 3.8) is 0 Å². The molecule has 0 aromatic carbocycles. The van der Waals surface area contributed by atoms with Crippen LogP contribution in [0, 0.1) is 0 Å². The van der Waals surface area contributed by atoms with Crippen LogP contribution in [0.15, 0.2) is 21.5 Å². The lowest BCUT2D eigenvalue weighted by molar-refractivity contribution is 0.555. The molecule has 2 heterocycles. The summed E-state index contributed by atoms with van der Waals surface area (Å²) in [5.74, 6) is -0.423. The van der Waals surface area contributed by atoms with E-state index in [0.29, 0.717) is 11.1 Å². The molecule has 4 nitrogen and oxygen atoms in total. The summed E-state index contributed by atoms with van der Waals surface area (Å²) in [4.78, 5) is 17.5. The van der Waals surface area contributed by atoms with Crippen LogP contribution >= 0.6 is 0 Å². The zero-order valence-electron chi connectivity index (χ0n) is 6.63. The van der Waals surface area contributed by atoms with Crippen LogP contribution in [0.3, 0.4) is 0 Å². The Hall–Kier alpha value is -1.58. The highest BCUT2D eigenvalue weighted by molar-refractivity contribution is 5.73. The third-order valence-electron chi connectivity index (χ3n) is 1.76. The second kappa shape index (κ2) is 2.48. The molecule has 1 N–H and O–H groups in total. The summed E-state index contributed by atoms with van der Waals surface area (Å²) in [6.45, 7) is 1.98. The number of aromatic amines is 1. The van der Waals surface area contributed by atoms with E-state index in [1.54, 1.807) is 12.3 Å². The zero-order chi connectivity index (χ0) is 8.55. The van der Waals surface area contributed by atoms with E-state index >= 15 is 0 Å². The summed E-state index contributed by atoms with van der Waals surface area (Å²) in [7, 11) is 0. The van der Waals surface area contributed by atoms with Gasteiger partial charge >= 0.3 is 5.76 Å². The van der Waals surface area contributed by atoms with Crippen molar-refractivity contribution in [1.29, 1.82) is 0 Å². The lowest BCUT2D eigenvalue weighted by Gasteiger charge is -1.93. The molecule has 0 aliphatic carbocycles. The van der Waals surface area contributed by atoms with Gasteiger partial charge in [-0.3, -0.25) is 9.97 Å². The molecule has 2 aromatic heterocycles. The fourth-order valence-corrected chi connectivity index (χ4v) is 1.20. The van der Waals surface area contributed by atoms with Crippen LogP contribution in [0.4, 0.5) is 0 Å². The molecule has 0 spiro atoms. The Morgan fingerprint density at radius 1 is 1.75 bits per heavy atom. The van der Waals surface area contributed by atoms with Gasteiger partial charge in [-0.2, -0.15) is 0 Å². The minimum absolute atomic E-state index is 0. The van der Waals surface area contributed by atoms with E-state index in [-0.39, 0.29) is 1.43 Å². The molecule has 0 saturated heterocycles. The van der Waals surface area contributed by atoms with Crippen molar-refractivity contribution < 1.29 is 5.84 Å². The molecule has 12 heavy (non-hydrogen) atoms. The van der Waals surface area contributed by atoms with Crippen molar-refractivity contribution in [2.75, 3.05) is 0 Å². The summed E-state index contributed by atoms with van der Waals surface area (Å²) in [5.41, 5.74) is 2.15. The molecule has 0 aliphatic rings. The third-order valence-corrected chi connectivity index (χ3v) is 1.76. The standard InChI is InChI=1S/C8H8N2O2.H2/c1-2-5-7-6(3-4-9-5)12-8(11)10-7;/h3-4H,2H2,1H3,(H,10,11);1H. The number of aromatic nitrogens is 2. The van der Waals surface area contributed by atoms with E-state index in [1.165, 1.54) is 0 Å². The van der Waals surface area contributed by atoms with Crippen LogP contribution in [0.5, 0.6) is 0 Å². The summed E-state index contributed by atoms with van der Waals surface area (Å²) in [5, 5.41) is 0. The van der Waals surface area contributed by atoms with E-state index in [9.17, 15) is 4.79 Å². The Labute approximate surface area is 69.7 Å². The van der Waals surface area contributed by atoms with E-state index in [1.807, 2.05) is 6.92 Å². The lowest BCUT2D eigenvalue weighted by atomic mass is 10.2. The van der Waals surface area contributed by atoms with Gasteiger partial charge in [-0.1, -0.05) is 6.92 Å². The Balaban J connectivity index is 0.000000845. The zero-order valence-corrected chi connectivity index (χ0v) is 6.63. The molecular formula is C8H10N2O2. The number of pyridine rings is 1. The molecular weight excluding hydrogens is 156 g/mol. The Morgan fingerprint density at radius 3 is 3.33 bits per heavy atom. The summed E-state index contributed by atoms with van der Waals surface area (Å²) >= 11 is 0. The third kappa shape index (κ3) is 0.922. The number of aryl methyl sites for hydroxylation is 1. The SMILES string of the molecule is CCc1nccc2oc(=O)[nH]c12.[HH]. The Kier molecular flexibility index (Phi) is 1.46. The van der Waals surface area contributed by atoms with Gasteiger partial charge in [-0.05, 0) is 6.42 Å². The molecule has 2 rings (SSSR count). The van der Waals surface area contributed by atoms with E-state index < -0.39 is 5.76 Å². The minimum atomic E-state index is -0.423. The smallest absolute Gasteiger partial charge is 0.408 e. The van der Waals surface area contributed by atoms with Crippen LogP contribution in [0.25, 0.3) is 11.1 Å². The molecule has 0 aliphatic heterocycles. The van der Waals surface area contributed by atoms with Gasteiger partial charge < -0.3 is 4.42 Å². The van der Waals surface area contributed by atoms with Crippen molar-refractivity contribution in [1.82, 2.24) is 9.97 Å². The first-order valence-corrected chi connectivity index (χ1v) is 3.78. The van der Waals surface area contributed by atoms with Crippen molar-refractivity contribution in [2.45, 2.75) is 13.3 Å². The quantitative estimate of drug-likeness (QED) is 0.695. The van der Waals surface area contributed by atoms with Crippen molar-refractivity contribution in [3.8, 4) is 0 Å². The summed E-state index contributed by atoms with van der Waals surface area (Å²) in [6, 6.07) is 1.67. The van der Waals surface area contributed by atoms with Crippen molar-refractivity contribution in [2.24, 2.45) is 0 Å². The molecule has 4 heteroatoms. The number of H-pyrrole nitrogens is 1. The number of oxazole rings is 1. The molecule has 0 amide bonds. The first-order chi connectivity index (χ1) is 5.81. The number of fused-ring (bicyclic) bond motifs is 1. The second-order valence-electron chi connectivity index (χ2n) is 2.50. The molecule has 2 aromatic rings. The van der Waals surface area contributed by atoms with Gasteiger partial charge in [0.15, 0.2) is 5.58 Å². The lowest BCUT2D eigenvalue weighted by Crippen LogP contribution is -1.95. The number of nitrogens with one attached hydrogen (secondary N) is 1. The molecule has 0 radical (unpaired) electrons. The fraction of sp³-hybridized carbons (Fsp3) is 0.250. The average molecular weight is 166 g/mol. The van der Waals surface area contributed by atoms with Crippen LogP contribution in [-0.4, -0.2) is 9.97 Å². The predicted molar refractivity (Wildman–Crippen MR) is 46.1 cm³/mol. The number of hydrogen-bond acceptors (Lipinski definition) is 3. The number of rotatable bonds is 1. The molecule has 0 unspecified atom stereocenters. The highest BCUT2D eigenvalue weighted by Gasteiger charge is 2.04. The normalized spacial score (nSPS) is 10.8. The van der Waals surface area contributed by atoms with E-state index in [0.717, 1.165) is 12.1 Å². The van der Waals surface area contributed by atoms with Crippen LogP contribution in [0.1, 0.15) is 14.0 Å². The van der Waals surface area contributed by atoms with E-state index in [2.05, 4.69) is 9.97 Å².